The lowest BCUT2D eigenvalue weighted by Crippen LogP contribution is -2.48. The highest BCUT2D eigenvalue weighted by Gasteiger charge is 2.20. The SMILES string of the molecule is CCC(O)CN1CCN(c2nc(-c3ccccc3)cs2)CC1. The lowest BCUT2D eigenvalue weighted by molar-refractivity contribution is 0.106. The van der Waals surface area contributed by atoms with E-state index in [0.29, 0.717) is 0 Å². The Balaban J connectivity index is 1.59. The van der Waals surface area contributed by atoms with Crippen molar-refractivity contribution in [3.05, 3.63) is 35.7 Å². The van der Waals surface area contributed by atoms with Gasteiger partial charge >= 0.3 is 0 Å². The van der Waals surface area contributed by atoms with Gasteiger partial charge in [-0.3, -0.25) is 4.90 Å². The number of hydrogen-bond acceptors (Lipinski definition) is 5. The molecule has 118 valence electrons. The Bertz CT molecular complexity index is 579. The zero-order valence-electron chi connectivity index (χ0n) is 13.0. The van der Waals surface area contributed by atoms with E-state index in [0.717, 1.165) is 50.0 Å². The van der Waals surface area contributed by atoms with Gasteiger partial charge in [-0.25, -0.2) is 4.98 Å². The molecule has 0 radical (unpaired) electrons. The Morgan fingerprint density at radius 2 is 1.91 bits per heavy atom. The summed E-state index contributed by atoms with van der Waals surface area (Å²) in [5, 5.41) is 13.0. The van der Waals surface area contributed by atoms with Crippen LogP contribution in [-0.2, 0) is 0 Å². The van der Waals surface area contributed by atoms with Crippen LogP contribution in [0.1, 0.15) is 13.3 Å². The van der Waals surface area contributed by atoms with E-state index in [-0.39, 0.29) is 6.10 Å². The van der Waals surface area contributed by atoms with Crippen LogP contribution in [0.3, 0.4) is 0 Å². The molecule has 2 aromatic rings. The highest BCUT2D eigenvalue weighted by molar-refractivity contribution is 7.14. The van der Waals surface area contributed by atoms with Gasteiger partial charge in [-0.05, 0) is 6.42 Å². The Hall–Kier alpha value is -1.43. The number of piperazine rings is 1. The minimum Gasteiger partial charge on any atom is -0.392 e. The highest BCUT2D eigenvalue weighted by Crippen LogP contribution is 2.27. The van der Waals surface area contributed by atoms with Crippen LogP contribution >= 0.6 is 11.3 Å². The molecule has 1 aromatic heterocycles. The molecule has 4 nitrogen and oxygen atoms in total. The predicted octanol–water partition coefficient (Wildman–Crippen LogP) is 2.70. The van der Waals surface area contributed by atoms with Crippen LogP contribution in [0.15, 0.2) is 35.7 Å². The Morgan fingerprint density at radius 1 is 1.18 bits per heavy atom. The first-order chi connectivity index (χ1) is 10.8. The van der Waals surface area contributed by atoms with Gasteiger partial charge in [-0.1, -0.05) is 37.3 Å². The predicted molar refractivity (Wildman–Crippen MR) is 92.5 cm³/mol. The first kappa shape index (κ1) is 15.5. The topological polar surface area (TPSA) is 39.6 Å². The minimum atomic E-state index is -0.198. The molecular formula is C17H23N3OS. The number of aliphatic hydroxyl groups is 1. The van der Waals surface area contributed by atoms with E-state index in [1.54, 1.807) is 11.3 Å². The Labute approximate surface area is 136 Å². The third-order valence-corrected chi connectivity index (χ3v) is 5.05. The van der Waals surface area contributed by atoms with Crippen LogP contribution in [-0.4, -0.2) is 53.8 Å². The van der Waals surface area contributed by atoms with Gasteiger partial charge in [0.25, 0.3) is 0 Å². The van der Waals surface area contributed by atoms with E-state index < -0.39 is 0 Å². The number of aliphatic hydroxyl groups excluding tert-OH is 1. The molecule has 1 aliphatic heterocycles. The van der Waals surface area contributed by atoms with Crippen LogP contribution in [0.5, 0.6) is 0 Å². The van der Waals surface area contributed by atoms with Gasteiger partial charge in [0.05, 0.1) is 11.8 Å². The molecule has 0 aliphatic carbocycles. The molecule has 22 heavy (non-hydrogen) atoms. The maximum Gasteiger partial charge on any atom is 0.185 e. The number of hydrogen-bond donors (Lipinski definition) is 1. The summed E-state index contributed by atoms with van der Waals surface area (Å²) in [5.41, 5.74) is 2.24. The van der Waals surface area contributed by atoms with E-state index in [1.165, 1.54) is 5.56 Å². The first-order valence-corrected chi connectivity index (χ1v) is 8.80. The quantitative estimate of drug-likeness (QED) is 0.920. The van der Waals surface area contributed by atoms with E-state index in [2.05, 4.69) is 27.3 Å². The lowest BCUT2D eigenvalue weighted by atomic mass is 10.2. The molecule has 0 spiro atoms. The van der Waals surface area contributed by atoms with Gasteiger partial charge in [0.2, 0.25) is 0 Å². The van der Waals surface area contributed by atoms with Crippen molar-refractivity contribution in [3.63, 3.8) is 0 Å². The second-order valence-electron chi connectivity index (χ2n) is 5.73. The van der Waals surface area contributed by atoms with E-state index in [1.807, 2.05) is 25.1 Å². The summed E-state index contributed by atoms with van der Waals surface area (Å²) in [7, 11) is 0. The number of aromatic nitrogens is 1. The summed E-state index contributed by atoms with van der Waals surface area (Å²) in [4.78, 5) is 9.48. The second-order valence-corrected chi connectivity index (χ2v) is 6.57. The maximum atomic E-state index is 9.76. The average molecular weight is 317 g/mol. The fourth-order valence-corrected chi connectivity index (χ4v) is 3.59. The lowest BCUT2D eigenvalue weighted by Gasteiger charge is -2.35. The van der Waals surface area contributed by atoms with Gasteiger partial charge in [-0.15, -0.1) is 11.3 Å². The zero-order valence-corrected chi connectivity index (χ0v) is 13.8. The number of thiazole rings is 1. The third kappa shape index (κ3) is 3.66. The van der Waals surface area contributed by atoms with Gasteiger partial charge in [0, 0.05) is 43.7 Å². The number of benzene rings is 1. The highest BCUT2D eigenvalue weighted by atomic mass is 32.1. The molecule has 3 rings (SSSR count). The van der Waals surface area contributed by atoms with Crippen molar-refractivity contribution in [2.24, 2.45) is 0 Å². The van der Waals surface area contributed by atoms with Crippen molar-refractivity contribution in [3.8, 4) is 11.3 Å². The normalized spacial score (nSPS) is 17.6. The largest absolute Gasteiger partial charge is 0.392 e. The molecule has 0 saturated carbocycles. The van der Waals surface area contributed by atoms with Crippen molar-refractivity contribution < 1.29 is 5.11 Å². The van der Waals surface area contributed by atoms with Crippen LogP contribution in [0.4, 0.5) is 5.13 Å². The van der Waals surface area contributed by atoms with Crippen LogP contribution in [0.25, 0.3) is 11.3 Å². The van der Waals surface area contributed by atoms with Crippen molar-refractivity contribution in [1.82, 2.24) is 9.88 Å². The van der Waals surface area contributed by atoms with E-state index in [9.17, 15) is 5.11 Å². The Morgan fingerprint density at radius 3 is 2.59 bits per heavy atom. The van der Waals surface area contributed by atoms with Gasteiger partial charge in [0.15, 0.2) is 5.13 Å². The summed E-state index contributed by atoms with van der Waals surface area (Å²) in [6, 6.07) is 10.3. The van der Waals surface area contributed by atoms with Crippen molar-refractivity contribution >= 4 is 16.5 Å². The molecule has 1 saturated heterocycles. The van der Waals surface area contributed by atoms with E-state index >= 15 is 0 Å². The second kappa shape index (κ2) is 7.22. The number of nitrogens with zero attached hydrogens (tertiary/aromatic N) is 3. The fourth-order valence-electron chi connectivity index (χ4n) is 2.70. The zero-order chi connectivity index (χ0) is 15.4. The monoisotopic (exact) mass is 317 g/mol. The van der Waals surface area contributed by atoms with Crippen molar-refractivity contribution in [1.29, 1.82) is 0 Å². The number of β-amino-alcohol motifs (C(OH)–C–C–N with tert-alkyl or cyclic N) is 1. The van der Waals surface area contributed by atoms with Crippen molar-refractivity contribution in [2.75, 3.05) is 37.6 Å². The molecule has 1 aromatic carbocycles. The molecular weight excluding hydrogens is 294 g/mol. The Kier molecular flexibility index (Phi) is 5.08. The van der Waals surface area contributed by atoms with Crippen molar-refractivity contribution in [2.45, 2.75) is 19.4 Å². The minimum absolute atomic E-state index is 0.198. The van der Waals surface area contributed by atoms with E-state index in [4.69, 9.17) is 4.98 Å². The molecule has 1 aliphatic rings. The smallest absolute Gasteiger partial charge is 0.185 e. The molecule has 1 atom stereocenters. The molecule has 1 unspecified atom stereocenters. The molecule has 0 bridgehead atoms. The molecule has 0 amide bonds. The fraction of sp³-hybridized carbons (Fsp3) is 0.471. The maximum absolute atomic E-state index is 9.76. The average Bonchev–Trinajstić information content (AvgIpc) is 3.06. The third-order valence-electron chi connectivity index (χ3n) is 4.14. The van der Waals surface area contributed by atoms with Gasteiger partial charge in [-0.2, -0.15) is 0 Å². The standard InChI is InChI=1S/C17H23N3OS/c1-2-15(21)12-19-8-10-20(11-9-19)17-18-16(13-22-17)14-6-4-3-5-7-14/h3-7,13,15,21H,2,8-12H2,1H3. The van der Waals surface area contributed by atoms with Crippen LogP contribution in [0, 0.1) is 0 Å². The van der Waals surface area contributed by atoms with Gasteiger partial charge < -0.3 is 10.0 Å². The summed E-state index contributed by atoms with van der Waals surface area (Å²) >= 11 is 1.72. The summed E-state index contributed by atoms with van der Waals surface area (Å²) in [5.74, 6) is 0. The van der Waals surface area contributed by atoms with Gasteiger partial charge in [0.1, 0.15) is 0 Å². The summed E-state index contributed by atoms with van der Waals surface area (Å²) in [6.07, 6.45) is 0.628. The van der Waals surface area contributed by atoms with Crippen LogP contribution in [0.2, 0.25) is 0 Å². The summed E-state index contributed by atoms with van der Waals surface area (Å²) < 4.78 is 0. The summed E-state index contributed by atoms with van der Waals surface area (Å²) in [6.45, 7) is 6.78. The number of rotatable bonds is 5. The number of anilines is 1. The first-order valence-electron chi connectivity index (χ1n) is 7.92. The molecule has 1 fully saturated rings. The van der Waals surface area contributed by atoms with Crippen LogP contribution < -0.4 is 4.90 Å². The molecule has 5 heteroatoms. The molecule has 1 N–H and O–H groups in total. The molecule has 2 heterocycles.